The van der Waals surface area contributed by atoms with Crippen LogP contribution in [0.1, 0.15) is 30.7 Å². The van der Waals surface area contributed by atoms with Gasteiger partial charge in [-0.05, 0) is 50.6 Å². The Labute approximate surface area is 153 Å². The molecule has 0 radical (unpaired) electrons. The molecule has 3 heterocycles. The summed E-state index contributed by atoms with van der Waals surface area (Å²) in [4.78, 5) is 6.91. The minimum absolute atomic E-state index is 0.00607. The Kier molecular flexibility index (Phi) is 4.81. The fourth-order valence-electron chi connectivity index (χ4n) is 3.75. The van der Waals surface area contributed by atoms with Crippen molar-refractivity contribution in [3.05, 3.63) is 47.8 Å². The summed E-state index contributed by atoms with van der Waals surface area (Å²) in [7, 11) is -3.73. The van der Waals surface area contributed by atoms with Crippen LogP contribution in [-0.4, -0.2) is 46.8 Å². The molecule has 0 aliphatic carbocycles. The molecule has 140 valence electrons. The van der Waals surface area contributed by atoms with E-state index in [1.165, 1.54) is 35.3 Å². The van der Waals surface area contributed by atoms with Gasteiger partial charge in [-0.1, -0.05) is 6.07 Å². The summed E-state index contributed by atoms with van der Waals surface area (Å²) >= 11 is 0. The molecule has 0 amide bonds. The molecule has 1 aromatic heterocycles. The first-order valence-corrected chi connectivity index (χ1v) is 10.5. The van der Waals surface area contributed by atoms with E-state index in [0.717, 1.165) is 43.6 Å². The average Bonchev–Trinajstić information content (AvgIpc) is 3.20. The molecule has 2 aliphatic rings. The van der Waals surface area contributed by atoms with E-state index in [4.69, 9.17) is 0 Å². The highest BCUT2D eigenvalue weighted by Crippen LogP contribution is 2.24. The molecule has 1 fully saturated rings. The van der Waals surface area contributed by atoms with Crippen LogP contribution >= 0.6 is 0 Å². The van der Waals surface area contributed by atoms with Gasteiger partial charge in [0.2, 0.25) is 10.0 Å². The minimum Gasteiger partial charge on any atom is -0.333 e. The Morgan fingerprint density at radius 1 is 1.08 bits per heavy atom. The van der Waals surface area contributed by atoms with Gasteiger partial charge in [-0.3, -0.25) is 4.90 Å². The lowest BCUT2D eigenvalue weighted by Gasteiger charge is -2.21. The monoisotopic (exact) mass is 378 g/mol. The van der Waals surface area contributed by atoms with Crippen molar-refractivity contribution >= 4 is 10.0 Å². The third-order valence-electron chi connectivity index (χ3n) is 5.17. The van der Waals surface area contributed by atoms with Gasteiger partial charge >= 0.3 is 0 Å². The van der Waals surface area contributed by atoms with Crippen LogP contribution in [0.2, 0.25) is 0 Å². The third-order valence-corrected chi connectivity index (χ3v) is 7.01. The smallest absolute Gasteiger partial charge is 0.243 e. The first-order chi connectivity index (χ1) is 12.5. The van der Waals surface area contributed by atoms with E-state index in [9.17, 15) is 12.8 Å². The molecule has 26 heavy (non-hydrogen) atoms. The molecule has 0 atom stereocenters. The van der Waals surface area contributed by atoms with Crippen molar-refractivity contribution < 1.29 is 12.8 Å². The van der Waals surface area contributed by atoms with Crippen LogP contribution in [0.4, 0.5) is 4.39 Å². The van der Waals surface area contributed by atoms with Crippen molar-refractivity contribution in [1.29, 1.82) is 0 Å². The predicted octanol–water partition coefficient (Wildman–Crippen LogP) is 2.21. The second-order valence-electron chi connectivity index (χ2n) is 6.96. The van der Waals surface area contributed by atoms with Gasteiger partial charge in [0.1, 0.15) is 5.82 Å². The van der Waals surface area contributed by atoms with Crippen LogP contribution in [0.15, 0.2) is 35.5 Å². The zero-order valence-electron chi connectivity index (χ0n) is 14.6. The molecule has 6 nitrogen and oxygen atoms in total. The summed E-state index contributed by atoms with van der Waals surface area (Å²) in [5.41, 5.74) is 1.91. The normalized spacial score (nSPS) is 19.4. The van der Waals surface area contributed by atoms with E-state index in [1.807, 2.05) is 6.33 Å². The van der Waals surface area contributed by atoms with Crippen LogP contribution in [-0.2, 0) is 29.7 Å². The largest absolute Gasteiger partial charge is 0.333 e. The fraction of sp³-hybridized carbons (Fsp3) is 0.500. The van der Waals surface area contributed by atoms with Crippen LogP contribution in [0.25, 0.3) is 0 Å². The van der Waals surface area contributed by atoms with Gasteiger partial charge in [0.25, 0.3) is 0 Å². The number of hydrogen-bond acceptors (Lipinski definition) is 4. The number of fused-ring (bicyclic) bond motifs is 1. The van der Waals surface area contributed by atoms with Crippen molar-refractivity contribution in [2.75, 3.05) is 19.6 Å². The number of halogens is 1. The Hall–Kier alpha value is -1.77. The van der Waals surface area contributed by atoms with Crippen LogP contribution < -0.4 is 0 Å². The maximum Gasteiger partial charge on any atom is 0.243 e. The lowest BCUT2D eigenvalue weighted by atomic mass is 10.3. The zero-order chi connectivity index (χ0) is 18.1. The summed E-state index contributed by atoms with van der Waals surface area (Å²) in [5.74, 6) is -0.541. The number of imidazole rings is 1. The van der Waals surface area contributed by atoms with E-state index in [2.05, 4.69) is 14.5 Å². The Bertz CT molecular complexity index is 890. The average molecular weight is 378 g/mol. The lowest BCUT2D eigenvalue weighted by Crippen LogP contribution is -2.31. The predicted molar refractivity (Wildman–Crippen MR) is 95.4 cm³/mol. The molecule has 0 spiro atoms. The quantitative estimate of drug-likeness (QED) is 0.819. The molecule has 2 aromatic rings. The molecule has 0 saturated carbocycles. The lowest BCUT2D eigenvalue weighted by molar-refractivity contribution is 0.324. The van der Waals surface area contributed by atoms with Crippen molar-refractivity contribution in [2.45, 2.75) is 43.8 Å². The number of aryl methyl sites for hydroxylation is 1. The summed E-state index contributed by atoms with van der Waals surface area (Å²) < 4.78 is 43.0. The zero-order valence-corrected chi connectivity index (χ0v) is 15.5. The van der Waals surface area contributed by atoms with Gasteiger partial charge in [-0.25, -0.2) is 17.8 Å². The van der Waals surface area contributed by atoms with Gasteiger partial charge in [0.05, 0.1) is 29.2 Å². The SMILES string of the molecule is O=S(=O)(c1cccc(F)c1)N1CCCn2cnc(CN3CCCC3)c2C1. The number of hydrogen-bond donors (Lipinski definition) is 0. The van der Waals surface area contributed by atoms with Crippen LogP contribution in [0.3, 0.4) is 0 Å². The van der Waals surface area contributed by atoms with E-state index in [0.29, 0.717) is 13.0 Å². The van der Waals surface area contributed by atoms with E-state index >= 15 is 0 Å². The molecular weight excluding hydrogens is 355 g/mol. The van der Waals surface area contributed by atoms with E-state index in [-0.39, 0.29) is 11.4 Å². The highest BCUT2D eigenvalue weighted by Gasteiger charge is 2.29. The highest BCUT2D eigenvalue weighted by atomic mass is 32.2. The van der Waals surface area contributed by atoms with Crippen molar-refractivity contribution in [1.82, 2.24) is 18.8 Å². The maximum absolute atomic E-state index is 13.5. The fourth-order valence-corrected chi connectivity index (χ4v) is 5.23. The number of likely N-dealkylation sites (tertiary alicyclic amines) is 1. The van der Waals surface area contributed by atoms with Crippen LogP contribution in [0.5, 0.6) is 0 Å². The molecule has 0 bridgehead atoms. The standard InChI is InChI=1S/C18H23FN4O2S/c19-15-5-3-6-16(11-15)26(24,25)23-10-4-9-22-14-20-17(18(22)13-23)12-21-7-1-2-8-21/h3,5-6,11,14H,1-2,4,7-10,12-13H2. The first kappa shape index (κ1) is 17.6. The number of nitrogens with zero attached hydrogens (tertiary/aromatic N) is 4. The molecule has 1 aromatic carbocycles. The van der Waals surface area contributed by atoms with Crippen molar-refractivity contribution in [2.24, 2.45) is 0 Å². The Morgan fingerprint density at radius 3 is 2.65 bits per heavy atom. The Balaban J connectivity index is 1.62. The number of benzene rings is 1. The van der Waals surface area contributed by atoms with Gasteiger partial charge in [0, 0.05) is 19.6 Å². The number of sulfonamides is 1. The topological polar surface area (TPSA) is 58.4 Å². The molecule has 2 aliphatic heterocycles. The molecule has 0 unspecified atom stereocenters. The van der Waals surface area contributed by atoms with Crippen molar-refractivity contribution in [3.63, 3.8) is 0 Å². The molecule has 0 N–H and O–H groups in total. The molecule has 1 saturated heterocycles. The molecular formula is C18H23FN4O2S. The minimum atomic E-state index is -3.73. The van der Waals surface area contributed by atoms with Crippen molar-refractivity contribution in [3.8, 4) is 0 Å². The van der Waals surface area contributed by atoms with Gasteiger partial charge in [-0.2, -0.15) is 4.31 Å². The number of aromatic nitrogens is 2. The Morgan fingerprint density at radius 2 is 1.88 bits per heavy atom. The maximum atomic E-state index is 13.5. The third kappa shape index (κ3) is 3.41. The summed E-state index contributed by atoms with van der Waals surface area (Å²) in [6.45, 7) is 4.34. The number of rotatable bonds is 4. The summed E-state index contributed by atoms with van der Waals surface area (Å²) in [6.07, 6.45) is 4.94. The van der Waals surface area contributed by atoms with E-state index in [1.54, 1.807) is 0 Å². The molecule has 8 heteroatoms. The molecule has 4 rings (SSSR count). The van der Waals surface area contributed by atoms with Crippen LogP contribution in [0, 0.1) is 5.82 Å². The summed E-state index contributed by atoms with van der Waals surface area (Å²) in [5, 5.41) is 0. The highest BCUT2D eigenvalue weighted by molar-refractivity contribution is 7.89. The van der Waals surface area contributed by atoms with Gasteiger partial charge in [0.15, 0.2) is 0 Å². The van der Waals surface area contributed by atoms with E-state index < -0.39 is 15.8 Å². The van der Waals surface area contributed by atoms with Gasteiger partial charge in [-0.15, -0.1) is 0 Å². The second-order valence-corrected chi connectivity index (χ2v) is 8.90. The first-order valence-electron chi connectivity index (χ1n) is 9.05. The van der Waals surface area contributed by atoms with Gasteiger partial charge < -0.3 is 4.57 Å². The second kappa shape index (κ2) is 7.09. The summed E-state index contributed by atoms with van der Waals surface area (Å²) in [6, 6.07) is 5.22.